The Hall–Kier alpha value is 1.41. The fraction of sp³-hybridized carbons (Fsp3) is 1.00. The van der Waals surface area contributed by atoms with Crippen molar-refractivity contribution in [1.82, 2.24) is 0 Å². The SMILES string of the molecule is Cl.Cl.Cl.[V][O]C1CCCCC1. The van der Waals surface area contributed by atoms with Crippen LogP contribution in [0, 0.1) is 0 Å². The van der Waals surface area contributed by atoms with Gasteiger partial charge >= 0.3 is 59.6 Å². The first-order valence-corrected chi connectivity index (χ1v) is 3.80. The Kier molecular flexibility index (Phi) is 18.9. The Morgan fingerprint density at radius 1 is 0.909 bits per heavy atom. The zero-order valence-corrected chi connectivity index (χ0v) is 10.0. The van der Waals surface area contributed by atoms with E-state index in [4.69, 9.17) is 3.66 Å². The molecule has 0 aromatic rings. The zero-order valence-electron chi connectivity index (χ0n) is 6.19. The molecule has 0 atom stereocenters. The summed E-state index contributed by atoms with van der Waals surface area (Å²) in [5, 5.41) is 0. The van der Waals surface area contributed by atoms with Gasteiger partial charge in [-0.15, -0.1) is 37.2 Å². The summed E-state index contributed by atoms with van der Waals surface area (Å²) >= 11 is 2.21. The van der Waals surface area contributed by atoms with E-state index in [0.717, 1.165) is 0 Å². The molecule has 1 fully saturated rings. The molecule has 0 unspecified atom stereocenters. The van der Waals surface area contributed by atoms with Crippen molar-refractivity contribution < 1.29 is 21.4 Å². The van der Waals surface area contributed by atoms with E-state index in [1.807, 2.05) is 0 Å². The van der Waals surface area contributed by atoms with Crippen molar-refractivity contribution in [3.8, 4) is 0 Å². The van der Waals surface area contributed by atoms with Crippen LogP contribution >= 0.6 is 37.2 Å². The maximum atomic E-state index is 5.13. The predicted molar refractivity (Wildman–Crippen MR) is 49.7 cm³/mol. The zero-order chi connectivity index (χ0) is 5.82. The molecule has 0 amide bonds. The Balaban J connectivity index is -0.000000213. The Labute approximate surface area is 96.6 Å². The van der Waals surface area contributed by atoms with Gasteiger partial charge in [-0.05, 0) is 0 Å². The first-order valence-electron chi connectivity index (χ1n) is 3.23. The van der Waals surface area contributed by atoms with Crippen LogP contribution in [0.4, 0.5) is 0 Å². The molecule has 0 bridgehead atoms. The van der Waals surface area contributed by atoms with Crippen molar-refractivity contribution in [1.29, 1.82) is 0 Å². The molecule has 0 aromatic carbocycles. The van der Waals surface area contributed by atoms with Crippen molar-refractivity contribution >= 4 is 37.2 Å². The predicted octanol–water partition coefficient (Wildman–Crippen LogP) is 3.06. The van der Waals surface area contributed by atoms with E-state index in [-0.39, 0.29) is 37.2 Å². The van der Waals surface area contributed by atoms with Gasteiger partial charge in [-0.3, -0.25) is 0 Å². The normalized spacial score (nSPS) is 17.1. The molecule has 0 spiro atoms. The summed E-state index contributed by atoms with van der Waals surface area (Å²) in [7, 11) is 0. The molecular formula is C6H14Cl3OV. The molecule has 1 rings (SSSR count). The molecule has 5 heteroatoms. The Morgan fingerprint density at radius 2 is 1.36 bits per heavy atom. The third-order valence-electron chi connectivity index (χ3n) is 1.70. The maximum absolute atomic E-state index is 5.13. The molecule has 0 N–H and O–H groups in total. The quantitative estimate of drug-likeness (QED) is 0.703. The second-order valence-electron chi connectivity index (χ2n) is 2.37. The van der Waals surface area contributed by atoms with Crippen LogP contribution in [-0.4, -0.2) is 6.10 Å². The summed E-state index contributed by atoms with van der Waals surface area (Å²) in [6.45, 7) is 0. The molecule has 0 aliphatic heterocycles. The van der Waals surface area contributed by atoms with Crippen molar-refractivity contribution in [3.05, 3.63) is 0 Å². The van der Waals surface area contributed by atoms with Crippen molar-refractivity contribution in [2.75, 3.05) is 0 Å². The molecule has 0 radical (unpaired) electrons. The topological polar surface area (TPSA) is 9.23 Å². The van der Waals surface area contributed by atoms with E-state index in [2.05, 4.69) is 17.8 Å². The summed E-state index contributed by atoms with van der Waals surface area (Å²) in [6, 6.07) is 0. The van der Waals surface area contributed by atoms with E-state index in [1.54, 1.807) is 0 Å². The number of rotatable bonds is 1. The molecule has 1 aliphatic rings. The summed E-state index contributed by atoms with van der Waals surface area (Å²) < 4.78 is 5.13. The van der Waals surface area contributed by atoms with Crippen molar-refractivity contribution in [2.24, 2.45) is 0 Å². The second-order valence-corrected chi connectivity index (χ2v) is 2.69. The van der Waals surface area contributed by atoms with Gasteiger partial charge in [0.2, 0.25) is 0 Å². The summed E-state index contributed by atoms with van der Waals surface area (Å²) in [4.78, 5) is 0. The monoisotopic (exact) mass is 258 g/mol. The first kappa shape index (κ1) is 18.2. The average Bonchev–Trinajstić information content (AvgIpc) is 1.90. The third kappa shape index (κ3) is 7.76. The van der Waals surface area contributed by atoms with Crippen molar-refractivity contribution in [3.63, 3.8) is 0 Å². The number of hydrogen-bond acceptors (Lipinski definition) is 1. The van der Waals surface area contributed by atoms with Gasteiger partial charge < -0.3 is 0 Å². The van der Waals surface area contributed by atoms with Crippen LogP contribution in [0.2, 0.25) is 0 Å². The second kappa shape index (κ2) is 11.4. The number of halogens is 3. The van der Waals surface area contributed by atoms with Crippen LogP contribution in [-0.2, 0) is 21.4 Å². The molecule has 1 saturated carbocycles. The van der Waals surface area contributed by atoms with Crippen molar-refractivity contribution in [2.45, 2.75) is 38.2 Å². The standard InChI is InChI=1S/C6H11O.3ClH.V/c7-6-4-2-1-3-5-6;;;;/h6H,1-5H2;3*1H;/q-1;;;;+1. The van der Waals surface area contributed by atoms with Crippen LogP contribution in [0.25, 0.3) is 0 Å². The van der Waals surface area contributed by atoms with E-state index >= 15 is 0 Å². The van der Waals surface area contributed by atoms with E-state index in [1.165, 1.54) is 32.1 Å². The van der Waals surface area contributed by atoms with Gasteiger partial charge in [-0.25, -0.2) is 0 Å². The van der Waals surface area contributed by atoms with Gasteiger partial charge in [0.25, 0.3) is 0 Å². The van der Waals surface area contributed by atoms with Gasteiger partial charge in [0, 0.05) is 0 Å². The van der Waals surface area contributed by atoms with Crippen LogP contribution in [0.3, 0.4) is 0 Å². The molecule has 0 heterocycles. The summed E-state index contributed by atoms with van der Waals surface area (Å²) in [6.07, 6.45) is 7.24. The third-order valence-corrected chi connectivity index (χ3v) is 2.17. The number of hydrogen-bond donors (Lipinski definition) is 0. The fourth-order valence-corrected chi connectivity index (χ4v) is 1.50. The summed E-state index contributed by atoms with van der Waals surface area (Å²) in [5.41, 5.74) is 0. The van der Waals surface area contributed by atoms with E-state index in [0.29, 0.717) is 6.10 Å². The van der Waals surface area contributed by atoms with E-state index < -0.39 is 0 Å². The summed E-state index contributed by atoms with van der Waals surface area (Å²) in [5.74, 6) is 0. The first-order chi connectivity index (χ1) is 3.93. The molecular weight excluding hydrogens is 245 g/mol. The van der Waals surface area contributed by atoms with Crippen LogP contribution < -0.4 is 0 Å². The molecule has 0 saturated heterocycles. The minimum absolute atomic E-state index is 0. The molecule has 70 valence electrons. The van der Waals surface area contributed by atoms with Gasteiger partial charge in [0.05, 0.1) is 0 Å². The van der Waals surface area contributed by atoms with Gasteiger partial charge in [0.1, 0.15) is 0 Å². The molecule has 1 aliphatic carbocycles. The van der Waals surface area contributed by atoms with Crippen LogP contribution in [0.5, 0.6) is 0 Å². The van der Waals surface area contributed by atoms with Gasteiger partial charge in [0.15, 0.2) is 0 Å². The fourth-order valence-electron chi connectivity index (χ4n) is 1.17. The Bertz CT molecular complexity index is 68.8. The molecule has 0 aromatic heterocycles. The average molecular weight is 259 g/mol. The van der Waals surface area contributed by atoms with Crippen LogP contribution in [0.15, 0.2) is 0 Å². The molecule has 1 nitrogen and oxygen atoms in total. The molecule has 11 heavy (non-hydrogen) atoms. The van der Waals surface area contributed by atoms with Gasteiger partial charge in [-0.2, -0.15) is 0 Å². The Morgan fingerprint density at radius 3 is 1.64 bits per heavy atom. The minimum atomic E-state index is 0. The van der Waals surface area contributed by atoms with E-state index in [9.17, 15) is 0 Å². The van der Waals surface area contributed by atoms with Gasteiger partial charge in [-0.1, -0.05) is 0 Å². The van der Waals surface area contributed by atoms with Crippen LogP contribution in [0.1, 0.15) is 32.1 Å².